The highest BCUT2D eigenvalue weighted by Crippen LogP contribution is 2.35. The van der Waals surface area contributed by atoms with Crippen LogP contribution < -0.4 is 0 Å². The summed E-state index contributed by atoms with van der Waals surface area (Å²) in [7, 11) is -3.24. The number of sulfone groups is 1. The van der Waals surface area contributed by atoms with E-state index in [1.165, 1.54) is 36.8 Å². The Balaban J connectivity index is 1.59. The van der Waals surface area contributed by atoms with Crippen molar-refractivity contribution in [1.29, 1.82) is 0 Å². The summed E-state index contributed by atoms with van der Waals surface area (Å²) in [6.45, 7) is 1.34. The van der Waals surface area contributed by atoms with E-state index >= 15 is 0 Å². The van der Waals surface area contributed by atoms with Gasteiger partial charge in [0.05, 0.1) is 0 Å². The highest BCUT2D eigenvalue weighted by molar-refractivity contribution is 7.91. The van der Waals surface area contributed by atoms with Crippen LogP contribution in [0.5, 0.6) is 0 Å². The van der Waals surface area contributed by atoms with E-state index in [9.17, 15) is 13.2 Å². The predicted molar refractivity (Wildman–Crippen MR) is 101 cm³/mol. The summed E-state index contributed by atoms with van der Waals surface area (Å²) in [5.41, 5.74) is 4.51. The summed E-state index contributed by atoms with van der Waals surface area (Å²) in [6.07, 6.45) is 17.5. The molecule has 0 aromatic rings. The second-order valence-electron chi connectivity index (χ2n) is 7.61. The smallest absolute Gasteiger partial charge is 0.237 e. The molecule has 1 aliphatic heterocycles. The molecule has 1 amide bonds. The first-order chi connectivity index (χ1) is 11.9. The lowest BCUT2D eigenvalue weighted by Gasteiger charge is -2.33. The van der Waals surface area contributed by atoms with Crippen molar-refractivity contribution in [3.05, 3.63) is 34.9 Å². The first-order valence-corrected chi connectivity index (χ1v) is 11.5. The zero-order valence-corrected chi connectivity index (χ0v) is 16.0. The van der Waals surface area contributed by atoms with Gasteiger partial charge in [0.25, 0.3) is 0 Å². The number of piperidine rings is 1. The van der Waals surface area contributed by atoms with E-state index in [0.717, 1.165) is 31.9 Å². The Morgan fingerprint density at radius 1 is 1.08 bits per heavy atom. The number of carbonyl (C=O) groups is 1. The standard InChI is InChI=1S/C20H29NO3S/c1-25(23,24)15-20(22)21-12-10-17(11-13-21)19-9-5-8-18(14-19)16-6-3-2-4-7-16/h6,9,14,17H,2-5,7-8,10-13,15H2,1H3. The van der Waals surface area contributed by atoms with Crippen LogP contribution in [0.3, 0.4) is 0 Å². The topological polar surface area (TPSA) is 54.5 Å². The molecule has 138 valence electrons. The summed E-state index contributed by atoms with van der Waals surface area (Å²) in [5, 5.41) is 0. The second kappa shape index (κ2) is 7.90. The van der Waals surface area contributed by atoms with E-state index in [2.05, 4.69) is 18.2 Å². The molecular formula is C20H29NO3S. The molecule has 0 spiro atoms. The van der Waals surface area contributed by atoms with Crippen LogP contribution in [0.25, 0.3) is 0 Å². The lowest BCUT2D eigenvalue weighted by atomic mass is 9.81. The van der Waals surface area contributed by atoms with Gasteiger partial charge < -0.3 is 4.90 Å². The first-order valence-electron chi connectivity index (χ1n) is 9.48. The molecule has 2 aliphatic carbocycles. The summed E-state index contributed by atoms with van der Waals surface area (Å²) >= 11 is 0. The molecule has 5 heteroatoms. The Kier molecular flexibility index (Phi) is 5.82. The molecule has 0 N–H and O–H groups in total. The molecule has 0 aromatic heterocycles. The average molecular weight is 364 g/mol. The second-order valence-corrected chi connectivity index (χ2v) is 9.75. The molecule has 4 nitrogen and oxygen atoms in total. The van der Waals surface area contributed by atoms with Crippen LogP contribution in [-0.4, -0.2) is 44.3 Å². The van der Waals surface area contributed by atoms with E-state index in [1.807, 2.05) is 0 Å². The van der Waals surface area contributed by atoms with Crippen LogP contribution in [0.4, 0.5) is 0 Å². The fourth-order valence-corrected chi connectivity index (χ4v) is 4.80. The zero-order valence-electron chi connectivity index (χ0n) is 15.2. The third-order valence-corrected chi connectivity index (χ3v) is 6.31. The van der Waals surface area contributed by atoms with Gasteiger partial charge in [0.1, 0.15) is 5.75 Å². The molecule has 0 radical (unpaired) electrons. The predicted octanol–water partition coefficient (Wildman–Crippen LogP) is 3.42. The molecule has 1 saturated heterocycles. The molecule has 0 unspecified atom stereocenters. The molecule has 0 saturated carbocycles. The highest BCUT2D eigenvalue weighted by atomic mass is 32.2. The average Bonchev–Trinajstić information content (AvgIpc) is 2.61. The number of allylic oxidation sites excluding steroid dienone is 6. The Morgan fingerprint density at radius 3 is 2.48 bits per heavy atom. The van der Waals surface area contributed by atoms with Crippen LogP contribution >= 0.6 is 0 Å². The Bertz CT molecular complexity index is 707. The number of hydrogen-bond donors (Lipinski definition) is 0. The third-order valence-electron chi connectivity index (χ3n) is 5.54. The van der Waals surface area contributed by atoms with E-state index in [1.54, 1.807) is 10.5 Å². The summed E-state index contributed by atoms with van der Waals surface area (Å²) in [6, 6.07) is 0. The molecule has 1 fully saturated rings. The van der Waals surface area contributed by atoms with E-state index < -0.39 is 9.84 Å². The van der Waals surface area contributed by atoms with Crippen molar-refractivity contribution < 1.29 is 13.2 Å². The van der Waals surface area contributed by atoms with E-state index in [0.29, 0.717) is 19.0 Å². The summed E-state index contributed by atoms with van der Waals surface area (Å²) in [4.78, 5) is 13.8. The summed E-state index contributed by atoms with van der Waals surface area (Å²) in [5.74, 6) is -0.109. The maximum Gasteiger partial charge on any atom is 0.237 e. The molecule has 1 heterocycles. The monoisotopic (exact) mass is 363 g/mol. The molecular weight excluding hydrogens is 334 g/mol. The molecule has 3 aliphatic rings. The largest absolute Gasteiger partial charge is 0.342 e. The Labute approximate surface area is 151 Å². The van der Waals surface area contributed by atoms with Gasteiger partial charge in [-0.15, -0.1) is 0 Å². The molecule has 0 aromatic carbocycles. The molecule has 0 bridgehead atoms. The summed E-state index contributed by atoms with van der Waals surface area (Å²) < 4.78 is 22.6. The number of rotatable bonds is 4. The minimum absolute atomic E-state index is 0.248. The third kappa shape index (κ3) is 5.06. The number of amides is 1. The van der Waals surface area contributed by atoms with Crippen LogP contribution in [0.15, 0.2) is 34.9 Å². The van der Waals surface area contributed by atoms with Gasteiger partial charge in [0.2, 0.25) is 5.91 Å². The maximum atomic E-state index is 12.1. The lowest BCUT2D eigenvalue weighted by molar-refractivity contribution is -0.129. The van der Waals surface area contributed by atoms with Crippen molar-refractivity contribution in [3.8, 4) is 0 Å². The van der Waals surface area contributed by atoms with Crippen molar-refractivity contribution in [3.63, 3.8) is 0 Å². The fourth-order valence-electron chi connectivity index (χ4n) is 4.17. The fraction of sp³-hybridized carbons (Fsp3) is 0.650. The van der Waals surface area contributed by atoms with Crippen molar-refractivity contribution in [1.82, 2.24) is 4.90 Å². The number of carbonyl (C=O) groups excluding carboxylic acids is 1. The number of nitrogens with zero attached hydrogens (tertiary/aromatic N) is 1. The SMILES string of the molecule is CS(=O)(=O)CC(=O)N1CCC(C2=CCCC(C3=CCCCC3)=C2)CC1. The quantitative estimate of drug-likeness (QED) is 0.769. The van der Waals surface area contributed by atoms with E-state index in [4.69, 9.17) is 0 Å². The highest BCUT2D eigenvalue weighted by Gasteiger charge is 2.27. The van der Waals surface area contributed by atoms with Crippen molar-refractivity contribution in [2.75, 3.05) is 25.1 Å². The molecule has 3 rings (SSSR count). The van der Waals surface area contributed by atoms with Crippen LogP contribution in [0, 0.1) is 5.92 Å². The molecule has 0 atom stereocenters. The molecule has 25 heavy (non-hydrogen) atoms. The number of likely N-dealkylation sites (tertiary alicyclic amines) is 1. The first kappa shape index (κ1) is 18.4. The lowest BCUT2D eigenvalue weighted by Crippen LogP contribution is -2.41. The van der Waals surface area contributed by atoms with Crippen LogP contribution in [0.2, 0.25) is 0 Å². The Morgan fingerprint density at radius 2 is 1.84 bits per heavy atom. The van der Waals surface area contributed by atoms with Gasteiger partial charge in [-0.3, -0.25) is 4.79 Å². The van der Waals surface area contributed by atoms with Gasteiger partial charge in [0, 0.05) is 19.3 Å². The normalized spacial score (nSPS) is 22.9. The van der Waals surface area contributed by atoms with Gasteiger partial charge in [-0.05, 0) is 74.0 Å². The van der Waals surface area contributed by atoms with Crippen LogP contribution in [-0.2, 0) is 14.6 Å². The Hall–Kier alpha value is -1.36. The van der Waals surface area contributed by atoms with Gasteiger partial charge in [-0.25, -0.2) is 8.42 Å². The van der Waals surface area contributed by atoms with Crippen molar-refractivity contribution in [2.45, 2.75) is 51.4 Å². The van der Waals surface area contributed by atoms with Gasteiger partial charge in [-0.1, -0.05) is 18.2 Å². The van der Waals surface area contributed by atoms with Crippen LogP contribution in [0.1, 0.15) is 51.4 Å². The minimum atomic E-state index is -3.24. The van der Waals surface area contributed by atoms with Crippen molar-refractivity contribution in [2.24, 2.45) is 5.92 Å². The zero-order chi connectivity index (χ0) is 17.9. The number of hydrogen-bond acceptors (Lipinski definition) is 3. The van der Waals surface area contributed by atoms with Gasteiger partial charge >= 0.3 is 0 Å². The van der Waals surface area contributed by atoms with E-state index in [-0.39, 0.29) is 11.7 Å². The maximum absolute atomic E-state index is 12.1. The van der Waals surface area contributed by atoms with Gasteiger partial charge in [-0.2, -0.15) is 0 Å². The van der Waals surface area contributed by atoms with Gasteiger partial charge in [0.15, 0.2) is 9.84 Å². The minimum Gasteiger partial charge on any atom is -0.342 e. The van der Waals surface area contributed by atoms with Crippen molar-refractivity contribution >= 4 is 15.7 Å².